The highest BCUT2D eigenvalue weighted by Gasteiger charge is 2.19. The predicted molar refractivity (Wildman–Crippen MR) is 97.1 cm³/mol. The van der Waals surface area contributed by atoms with Crippen LogP contribution in [0.5, 0.6) is 5.75 Å². The van der Waals surface area contributed by atoms with Gasteiger partial charge < -0.3 is 9.84 Å². The Balaban J connectivity index is 1.75. The van der Waals surface area contributed by atoms with Gasteiger partial charge in [-0.3, -0.25) is 0 Å². The molecule has 0 saturated heterocycles. The molecule has 1 N–H and O–H groups in total. The zero-order valence-corrected chi connectivity index (χ0v) is 15.5. The monoisotopic (exact) mass is 353 g/mol. The number of aliphatic hydroxyl groups is 1. The van der Waals surface area contributed by atoms with Crippen LogP contribution < -0.4 is 4.74 Å². The lowest BCUT2D eigenvalue weighted by atomic mass is 9.82. The van der Waals surface area contributed by atoms with Crippen molar-refractivity contribution in [2.45, 2.75) is 46.3 Å². The number of ether oxygens (including phenoxy) is 1. The molecular formula is C19H23N5O2. The normalized spacial score (nSPS) is 11.6. The molecule has 0 fully saturated rings. The standard InChI is InChI=1S/C19H23N5O2/c1-13-6-5-7-17(19(2,3)4)16(13)12-26-15-9-20-18(21-10-15)24-22-8-14(11-25)23-24/h5-10,25H,11-12H2,1-4H3. The lowest BCUT2D eigenvalue weighted by molar-refractivity contribution is 0.276. The Kier molecular flexibility index (Phi) is 4.99. The van der Waals surface area contributed by atoms with Crippen LogP contribution in [0.2, 0.25) is 0 Å². The summed E-state index contributed by atoms with van der Waals surface area (Å²) in [6.07, 6.45) is 4.67. The number of nitrogens with zero attached hydrogens (tertiary/aromatic N) is 5. The molecule has 1 aromatic carbocycles. The van der Waals surface area contributed by atoms with Gasteiger partial charge in [0, 0.05) is 0 Å². The second kappa shape index (κ2) is 7.21. The summed E-state index contributed by atoms with van der Waals surface area (Å²) in [5, 5.41) is 17.1. The number of hydrogen-bond acceptors (Lipinski definition) is 6. The van der Waals surface area contributed by atoms with Crippen molar-refractivity contribution in [1.82, 2.24) is 25.0 Å². The van der Waals surface area contributed by atoms with E-state index in [1.54, 1.807) is 12.4 Å². The SMILES string of the molecule is Cc1cccc(C(C)(C)C)c1COc1cnc(-n2ncc(CO)n2)nc1. The van der Waals surface area contributed by atoms with Gasteiger partial charge in [-0.05, 0) is 29.0 Å². The number of hydrogen-bond donors (Lipinski definition) is 1. The quantitative estimate of drug-likeness (QED) is 0.759. The first-order chi connectivity index (χ1) is 12.4. The fourth-order valence-electron chi connectivity index (χ4n) is 2.70. The van der Waals surface area contributed by atoms with E-state index in [0.29, 0.717) is 24.0 Å². The van der Waals surface area contributed by atoms with Crippen molar-refractivity contribution in [2.75, 3.05) is 0 Å². The van der Waals surface area contributed by atoms with E-state index in [1.165, 1.54) is 27.7 Å². The molecule has 0 spiro atoms. The molecule has 0 saturated carbocycles. The molecule has 0 aliphatic heterocycles. The van der Waals surface area contributed by atoms with Crippen molar-refractivity contribution >= 4 is 0 Å². The van der Waals surface area contributed by atoms with Crippen LogP contribution in [0, 0.1) is 6.92 Å². The van der Waals surface area contributed by atoms with E-state index in [4.69, 9.17) is 9.84 Å². The number of rotatable bonds is 5. The molecule has 0 bridgehead atoms. The first kappa shape index (κ1) is 18.0. The van der Waals surface area contributed by atoms with Crippen LogP contribution in [-0.4, -0.2) is 30.1 Å². The minimum absolute atomic E-state index is 0.0429. The summed E-state index contributed by atoms with van der Waals surface area (Å²) >= 11 is 0. The highest BCUT2D eigenvalue weighted by molar-refractivity contribution is 5.38. The van der Waals surface area contributed by atoms with E-state index < -0.39 is 0 Å². The number of aromatic nitrogens is 5. The topological polar surface area (TPSA) is 86.0 Å². The molecule has 0 atom stereocenters. The maximum Gasteiger partial charge on any atom is 0.268 e. The number of aliphatic hydroxyl groups excluding tert-OH is 1. The third-order valence-corrected chi connectivity index (χ3v) is 4.10. The van der Waals surface area contributed by atoms with Gasteiger partial charge in [-0.1, -0.05) is 39.0 Å². The van der Waals surface area contributed by atoms with E-state index in [1.807, 2.05) is 0 Å². The largest absolute Gasteiger partial charge is 0.486 e. The smallest absolute Gasteiger partial charge is 0.268 e. The lowest BCUT2D eigenvalue weighted by Gasteiger charge is -2.24. The first-order valence-electron chi connectivity index (χ1n) is 8.45. The molecule has 7 nitrogen and oxygen atoms in total. The summed E-state index contributed by atoms with van der Waals surface area (Å²) in [5.41, 5.74) is 4.16. The minimum Gasteiger partial charge on any atom is -0.486 e. The van der Waals surface area contributed by atoms with E-state index in [0.717, 1.165) is 0 Å². The van der Waals surface area contributed by atoms with Gasteiger partial charge in [-0.15, -0.1) is 9.90 Å². The second-order valence-electron chi connectivity index (χ2n) is 7.14. The second-order valence-corrected chi connectivity index (χ2v) is 7.14. The van der Waals surface area contributed by atoms with Gasteiger partial charge in [0.1, 0.15) is 12.3 Å². The summed E-state index contributed by atoms with van der Waals surface area (Å²) in [6, 6.07) is 6.32. The predicted octanol–water partition coefficient (Wildman–Crippen LogP) is 2.73. The third kappa shape index (κ3) is 3.88. The van der Waals surface area contributed by atoms with Gasteiger partial charge >= 0.3 is 0 Å². The highest BCUT2D eigenvalue weighted by atomic mass is 16.5. The molecule has 26 heavy (non-hydrogen) atoms. The third-order valence-electron chi connectivity index (χ3n) is 4.10. The van der Waals surface area contributed by atoms with Crippen LogP contribution in [0.3, 0.4) is 0 Å². The highest BCUT2D eigenvalue weighted by Crippen LogP contribution is 2.28. The average molecular weight is 353 g/mol. The maximum absolute atomic E-state index is 9.05. The molecule has 0 unspecified atom stereocenters. The van der Waals surface area contributed by atoms with Crippen LogP contribution in [0.4, 0.5) is 0 Å². The van der Waals surface area contributed by atoms with Gasteiger partial charge in [0.05, 0.1) is 25.2 Å². The van der Waals surface area contributed by atoms with Gasteiger partial charge in [0.2, 0.25) is 0 Å². The van der Waals surface area contributed by atoms with Crippen LogP contribution in [-0.2, 0) is 18.6 Å². The molecule has 0 amide bonds. The van der Waals surface area contributed by atoms with Crippen LogP contribution in [0.25, 0.3) is 5.95 Å². The summed E-state index contributed by atoms with van der Waals surface area (Å²) in [5.74, 6) is 0.898. The molecule has 0 radical (unpaired) electrons. The Hall–Kier alpha value is -2.80. The van der Waals surface area contributed by atoms with E-state index in [-0.39, 0.29) is 12.0 Å². The molecule has 0 aliphatic rings. The molecule has 2 aromatic heterocycles. The van der Waals surface area contributed by atoms with E-state index in [2.05, 4.69) is 66.1 Å². The molecule has 0 aliphatic carbocycles. The fourth-order valence-corrected chi connectivity index (χ4v) is 2.70. The van der Waals surface area contributed by atoms with E-state index >= 15 is 0 Å². The van der Waals surface area contributed by atoms with Gasteiger partial charge in [-0.2, -0.15) is 5.10 Å². The van der Waals surface area contributed by atoms with Gasteiger partial charge in [0.15, 0.2) is 5.75 Å². The van der Waals surface area contributed by atoms with Gasteiger partial charge in [0.25, 0.3) is 5.95 Å². The average Bonchev–Trinajstić information content (AvgIpc) is 3.09. The molecule has 3 aromatic rings. The summed E-state index contributed by atoms with van der Waals surface area (Å²) < 4.78 is 5.91. The molecule has 136 valence electrons. The van der Waals surface area contributed by atoms with Crippen molar-refractivity contribution in [3.63, 3.8) is 0 Å². The van der Waals surface area contributed by atoms with Crippen molar-refractivity contribution < 1.29 is 9.84 Å². The first-order valence-corrected chi connectivity index (χ1v) is 8.45. The molecular weight excluding hydrogens is 330 g/mol. The molecule has 3 rings (SSSR count). The lowest BCUT2D eigenvalue weighted by Crippen LogP contribution is -2.16. The maximum atomic E-state index is 9.05. The number of aryl methyl sites for hydroxylation is 1. The van der Waals surface area contributed by atoms with Crippen molar-refractivity contribution in [3.05, 3.63) is 59.2 Å². The van der Waals surface area contributed by atoms with Crippen LogP contribution >= 0.6 is 0 Å². The van der Waals surface area contributed by atoms with Crippen molar-refractivity contribution in [3.8, 4) is 11.7 Å². The van der Waals surface area contributed by atoms with Crippen molar-refractivity contribution in [1.29, 1.82) is 0 Å². The summed E-state index contributed by atoms with van der Waals surface area (Å²) in [7, 11) is 0. The Morgan fingerprint density at radius 3 is 2.46 bits per heavy atom. The minimum atomic E-state index is -0.173. The Labute approximate surface area is 152 Å². The Bertz CT molecular complexity index is 882. The summed E-state index contributed by atoms with van der Waals surface area (Å²) in [6.45, 7) is 8.96. The Morgan fingerprint density at radius 1 is 1.12 bits per heavy atom. The van der Waals surface area contributed by atoms with Crippen LogP contribution in [0.15, 0.2) is 36.8 Å². The van der Waals surface area contributed by atoms with Gasteiger partial charge in [-0.25, -0.2) is 9.97 Å². The summed E-state index contributed by atoms with van der Waals surface area (Å²) in [4.78, 5) is 9.72. The van der Waals surface area contributed by atoms with Crippen LogP contribution in [0.1, 0.15) is 43.2 Å². The Morgan fingerprint density at radius 2 is 1.85 bits per heavy atom. The zero-order valence-electron chi connectivity index (χ0n) is 15.5. The van der Waals surface area contributed by atoms with E-state index in [9.17, 15) is 0 Å². The van der Waals surface area contributed by atoms with Crippen molar-refractivity contribution in [2.24, 2.45) is 0 Å². The number of benzene rings is 1. The molecule has 2 heterocycles. The zero-order chi connectivity index (χ0) is 18.7. The fraction of sp³-hybridized carbons (Fsp3) is 0.368. The molecule has 7 heteroatoms.